The van der Waals surface area contributed by atoms with Gasteiger partial charge in [-0.25, -0.2) is 9.59 Å². The summed E-state index contributed by atoms with van der Waals surface area (Å²) in [5.74, 6) is -0.0367. The largest absolute Gasteiger partial charge is 0.444 e. The first-order valence-electron chi connectivity index (χ1n) is 17.5. The Labute approximate surface area is 308 Å². The monoisotopic (exact) mass is 732 g/mol. The zero-order valence-electron chi connectivity index (χ0n) is 29.2. The van der Waals surface area contributed by atoms with Gasteiger partial charge in [0.05, 0.1) is 29.0 Å². The molecule has 1 aliphatic rings. The number of nitrogens with one attached hydrogen (secondary N) is 3. The molecular weight excluding hydrogens is 685 g/mol. The molecule has 1 aliphatic carbocycles. The van der Waals surface area contributed by atoms with Crippen molar-refractivity contribution >= 4 is 40.7 Å². The van der Waals surface area contributed by atoms with Crippen LogP contribution in [-0.4, -0.2) is 70.3 Å². The van der Waals surface area contributed by atoms with E-state index in [0.29, 0.717) is 38.8 Å². The SMILES string of the molecule is CC(C)COCC(NC(=O)N(Cc1cncs1)C1CC1)C(=O)NC(CCC(Cc1ccccc1)NC(=O)OCc1cncs1)Cc1ccccc1. The zero-order valence-corrected chi connectivity index (χ0v) is 30.9. The Kier molecular flexibility index (Phi) is 14.8. The molecular formula is C38H48N6O5S2. The molecule has 3 atom stereocenters. The lowest BCUT2D eigenvalue weighted by Gasteiger charge is -2.28. The van der Waals surface area contributed by atoms with Crippen LogP contribution in [-0.2, 0) is 40.3 Å². The highest BCUT2D eigenvalue weighted by Crippen LogP contribution is 2.29. The van der Waals surface area contributed by atoms with Gasteiger partial charge in [-0.2, -0.15) is 0 Å². The molecule has 3 unspecified atom stereocenters. The predicted octanol–water partition coefficient (Wildman–Crippen LogP) is 6.36. The highest BCUT2D eigenvalue weighted by molar-refractivity contribution is 7.09. The minimum absolute atomic E-state index is 0.0522. The van der Waals surface area contributed by atoms with Gasteiger partial charge in [0.1, 0.15) is 12.6 Å². The van der Waals surface area contributed by atoms with Crippen molar-refractivity contribution in [2.45, 2.75) is 89.7 Å². The van der Waals surface area contributed by atoms with Gasteiger partial charge >= 0.3 is 12.1 Å². The van der Waals surface area contributed by atoms with Crippen molar-refractivity contribution in [3.63, 3.8) is 0 Å². The van der Waals surface area contributed by atoms with E-state index in [-0.39, 0.29) is 49.2 Å². The van der Waals surface area contributed by atoms with Crippen molar-refractivity contribution in [2.24, 2.45) is 5.92 Å². The third-order valence-electron chi connectivity index (χ3n) is 8.42. The van der Waals surface area contributed by atoms with Gasteiger partial charge in [0.25, 0.3) is 0 Å². The van der Waals surface area contributed by atoms with Crippen LogP contribution in [0.3, 0.4) is 0 Å². The topological polar surface area (TPSA) is 135 Å². The van der Waals surface area contributed by atoms with E-state index in [9.17, 15) is 14.4 Å². The molecule has 11 nitrogen and oxygen atoms in total. The number of carbonyl (C=O) groups excluding carboxylic acids is 3. The average Bonchev–Trinajstić information content (AvgIpc) is 3.56. The van der Waals surface area contributed by atoms with Gasteiger partial charge in [0.15, 0.2) is 0 Å². The molecule has 3 N–H and O–H groups in total. The first-order valence-corrected chi connectivity index (χ1v) is 19.3. The number of carbonyl (C=O) groups is 3. The Morgan fingerprint density at radius 3 is 1.94 bits per heavy atom. The number of nitrogens with zero attached hydrogens (tertiary/aromatic N) is 3. The summed E-state index contributed by atoms with van der Waals surface area (Å²) in [5, 5.41) is 9.30. The summed E-state index contributed by atoms with van der Waals surface area (Å²) in [5.41, 5.74) is 5.61. The van der Waals surface area contributed by atoms with Crippen LogP contribution in [0.4, 0.5) is 9.59 Å². The van der Waals surface area contributed by atoms with Gasteiger partial charge in [-0.1, -0.05) is 74.5 Å². The number of hydrogen-bond acceptors (Lipinski definition) is 9. The Morgan fingerprint density at radius 2 is 1.39 bits per heavy atom. The minimum atomic E-state index is -0.891. The molecule has 272 valence electrons. The first kappa shape index (κ1) is 37.9. The van der Waals surface area contributed by atoms with E-state index in [1.54, 1.807) is 28.3 Å². The second-order valence-corrected chi connectivity index (χ2v) is 15.2. The summed E-state index contributed by atoms with van der Waals surface area (Å²) in [4.78, 5) is 52.5. The Balaban J connectivity index is 1.28. The van der Waals surface area contributed by atoms with E-state index in [0.717, 1.165) is 33.7 Å². The number of rotatable bonds is 20. The predicted molar refractivity (Wildman–Crippen MR) is 199 cm³/mol. The van der Waals surface area contributed by atoms with Crippen LogP contribution >= 0.6 is 22.7 Å². The molecule has 4 aromatic rings. The summed E-state index contributed by atoms with van der Waals surface area (Å²) < 4.78 is 11.4. The summed E-state index contributed by atoms with van der Waals surface area (Å²) in [6, 6.07) is 18.4. The third-order valence-corrected chi connectivity index (χ3v) is 9.94. The number of urea groups is 1. The zero-order chi connectivity index (χ0) is 35.8. The standard InChI is InChI=1S/C38H48N6O5S2/c1-27(2)22-48-24-35(43-37(46)44(32-15-16-32)21-33-19-39-25-50-33)36(45)41-30(17-28-9-5-3-6-10-28)13-14-31(18-29-11-7-4-8-12-29)42-38(47)49-23-34-20-40-26-51-34/h3-12,19-20,25-27,30-32,35H,13-18,21-24H2,1-2H3,(H,41,45)(H,42,47)(H,43,46). The number of alkyl carbamates (subject to hydrolysis) is 1. The molecule has 2 aromatic heterocycles. The van der Waals surface area contributed by atoms with E-state index in [4.69, 9.17) is 9.47 Å². The molecule has 1 fully saturated rings. The summed E-state index contributed by atoms with van der Waals surface area (Å²) in [6.45, 7) is 5.20. The molecule has 4 amide bonds. The van der Waals surface area contributed by atoms with Gasteiger partial charge in [-0.05, 0) is 55.6 Å². The van der Waals surface area contributed by atoms with Crippen LogP contribution in [0.5, 0.6) is 0 Å². The molecule has 5 rings (SSSR count). The molecule has 0 bridgehead atoms. The molecule has 2 aromatic carbocycles. The molecule has 0 radical (unpaired) electrons. The first-order chi connectivity index (χ1) is 24.8. The van der Waals surface area contributed by atoms with E-state index < -0.39 is 12.1 Å². The quantitative estimate of drug-likeness (QED) is 0.0963. The van der Waals surface area contributed by atoms with Crippen molar-refractivity contribution < 1.29 is 23.9 Å². The molecule has 0 saturated heterocycles. The van der Waals surface area contributed by atoms with Gasteiger partial charge in [-0.3, -0.25) is 14.8 Å². The molecule has 0 spiro atoms. The van der Waals surface area contributed by atoms with Crippen molar-refractivity contribution in [2.75, 3.05) is 13.2 Å². The van der Waals surface area contributed by atoms with Crippen molar-refractivity contribution in [3.05, 3.63) is 105 Å². The lowest BCUT2D eigenvalue weighted by Crippen LogP contribution is -2.55. The van der Waals surface area contributed by atoms with Crippen molar-refractivity contribution in [1.29, 1.82) is 0 Å². The van der Waals surface area contributed by atoms with E-state index >= 15 is 0 Å². The summed E-state index contributed by atoms with van der Waals surface area (Å²) in [6.07, 6.45) is 7.15. The van der Waals surface area contributed by atoms with E-state index in [2.05, 4.69) is 25.9 Å². The van der Waals surface area contributed by atoms with Crippen LogP contribution in [0, 0.1) is 5.92 Å². The van der Waals surface area contributed by atoms with Gasteiger partial charge < -0.3 is 30.3 Å². The number of amides is 4. The lowest BCUT2D eigenvalue weighted by atomic mass is 9.96. The van der Waals surface area contributed by atoms with E-state index in [1.165, 1.54) is 22.7 Å². The van der Waals surface area contributed by atoms with Crippen LogP contribution in [0.15, 0.2) is 84.1 Å². The van der Waals surface area contributed by atoms with Crippen LogP contribution in [0.25, 0.3) is 0 Å². The fourth-order valence-corrected chi connectivity index (χ4v) is 6.79. The maximum Gasteiger partial charge on any atom is 0.407 e. The maximum absolute atomic E-state index is 14.1. The summed E-state index contributed by atoms with van der Waals surface area (Å²) >= 11 is 2.94. The number of aromatic nitrogens is 2. The fraction of sp³-hybridized carbons (Fsp3) is 0.447. The molecule has 13 heteroatoms. The highest BCUT2D eigenvalue weighted by atomic mass is 32.1. The maximum atomic E-state index is 14.1. The van der Waals surface area contributed by atoms with Gasteiger partial charge in [0.2, 0.25) is 5.91 Å². The third kappa shape index (κ3) is 13.4. The fourth-order valence-electron chi connectivity index (χ4n) is 5.69. The molecule has 0 aliphatic heterocycles. The second kappa shape index (κ2) is 19.9. The molecule has 2 heterocycles. The Bertz CT molecular complexity index is 1600. The van der Waals surface area contributed by atoms with Gasteiger partial charge in [-0.15, -0.1) is 22.7 Å². The number of hydrogen-bond donors (Lipinski definition) is 3. The lowest BCUT2D eigenvalue weighted by molar-refractivity contribution is -0.125. The molecule has 1 saturated carbocycles. The molecule has 51 heavy (non-hydrogen) atoms. The second-order valence-electron chi connectivity index (χ2n) is 13.3. The van der Waals surface area contributed by atoms with Crippen LogP contribution in [0.2, 0.25) is 0 Å². The van der Waals surface area contributed by atoms with Crippen molar-refractivity contribution in [1.82, 2.24) is 30.8 Å². The smallest absolute Gasteiger partial charge is 0.407 e. The number of ether oxygens (including phenoxy) is 2. The highest BCUT2D eigenvalue weighted by Gasteiger charge is 2.35. The van der Waals surface area contributed by atoms with Crippen molar-refractivity contribution in [3.8, 4) is 0 Å². The Morgan fingerprint density at radius 1 is 0.804 bits per heavy atom. The van der Waals surface area contributed by atoms with E-state index in [1.807, 2.05) is 74.5 Å². The van der Waals surface area contributed by atoms with Crippen LogP contribution in [0.1, 0.15) is 60.4 Å². The summed E-state index contributed by atoms with van der Waals surface area (Å²) in [7, 11) is 0. The average molecular weight is 733 g/mol. The number of benzene rings is 2. The Hall–Kier alpha value is -4.33. The normalized spacial score (nSPS) is 14.3. The van der Waals surface area contributed by atoms with Crippen LogP contribution < -0.4 is 16.0 Å². The van der Waals surface area contributed by atoms with Gasteiger partial charge in [0, 0.05) is 42.0 Å². The number of thiazole rings is 2. The minimum Gasteiger partial charge on any atom is -0.444 e.